The Labute approximate surface area is 93.4 Å². The molecule has 2 rings (SSSR count). The first-order valence-electron chi connectivity index (χ1n) is 4.79. The van der Waals surface area contributed by atoms with E-state index in [0.29, 0.717) is 0 Å². The smallest absolute Gasteiger partial charge is 0.128 e. The minimum atomic E-state index is 0.814. The maximum absolute atomic E-state index is 4.46. The van der Waals surface area contributed by atoms with E-state index in [0.717, 1.165) is 23.1 Å². The molecule has 0 amide bonds. The van der Waals surface area contributed by atoms with Crippen molar-refractivity contribution in [3.63, 3.8) is 0 Å². The molecule has 0 aromatic carbocycles. The van der Waals surface area contributed by atoms with Crippen LogP contribution in [0.4, 0.5) is 5.82 Å². The van der Waals surface area contributed by atoms with Gasteiger partial charge in [-0.05, 0) is 19.1 Å². The van der Waals surface area contributed by atoms with Gasteiger partial charge in [0.2, 0.25) is 0 Å². The number of rotatable bonds is 3. The van der Waals surface area contributed by atoms with Gasteiger partial charge in [0.25, 0.3) is 0 Å². The van der Waals surface area contributed by atoms with E-state index >= 15 is 0 Å². The Balaban J connectivity index is 2.11. The summed E-state index contributed by atoms with van der Waals surface area (Å²) in [6.45, 7) is 2.81. The summed E-state index contributed by atoms with van der Waals surface area (Å²) < 4.78 is 0. The number of nitrogens with zero attached hydrogens (tertiary/aromatic N) is 3. The van der Waals surface area contributed by atoms with Gasteiger partial charge in [-0.15, -0.1) is 11.3 Å². The van der Waals surface area contributed by atoms with Crippen LogP contribution in [0.1, 0.15) is 10.7 Å². The highest BCUT2D eigenvalue weighted by Crippen LogP contribution is 2.14. The summed E-state index contributed by atoms with van der Waals surface area (Å²) in [5, 5.41) is 3.10. The van der Waals surface area contributed by atoms with Gasteiger partial charge in [0.1, 0.15) is 10.8 Å². The van der Waals surface area contributed by atoms with Crippen molar-refractivity contribution in [2.45, 2.75) is 13.5 Å². The number of thiazole rings is 1. The quantitative estimate of drug-likeness (QED) is 0.794. The normalized spacial score (nSPS) is 10.3. The Kier molecular flexibility index (Phi) is 2.97. The van der Waals surface area contributed by atoms with Crippen molar-refractivity contribution in [3.05, 3.63) is 40.5 Å². The van der Waals surface area contributed by atoms with E-state index in [1.807, 2.05) is 43.7 Å². The van der Waals surface area contributed by atoms with Crippen LogP contribution in [-0.2, 0) is 6.54 Å². The maximum atomic E-state index is 4.46. The van der Waals surface area contributed by atoms with E-state index in [4.69, 9.17) is 0 Å². The zero-order valence-corrected chi connectivity index (χ0v) is 9.66. The predicted molar refractivity (Wildman–Crippen MR) is 63.2 cm³/mol. The molecule has 0 spiro atoms. The largest absolute Gasteiger partial charge is 0.353 e. The van der Waals surface area contributed by atoms with Crippen molar-refractivity contribution < 1.29 is 0 Å². The highest BCUT2D eigenvalue weighted by Gasteiger charge is 2.04. The molecule has 0 aliphatic carbocycles. The van der Waals surface area contributed by atoms with Gasteiger partial charge in [-0.25, -0.2) is 9.97 Å². The zero-order chi connectivity index (χ0) is 10.7. The molecule has 0 bridgehead atoms. The molecular weight excluding hydrogens is 206 g/mol. The van der Waals surface area contributed by atoms with E-state index < -0.39 is 0 Å². The van der Waals surface area contributed by atoms with Gasteiger partial charge < -0.3 is 4.90 Å². The molecule has 0 unspecified atom stereocenters. The summed E-state index contributed by atoms with van der Waals surface area (Å²) in [6, 6.07) is 6.04. The van der Waals surface area contributed by atoms with E-state index in [9.17, 15) is 0 Å². The lowest BCUT2D eigenvalue weighted by Crippen LogP contribution is -2.17. The fraction of sp³-hybridized carbons (Fsp3) is 0.273. The number of hydrogen-bond donors (Lipinski definition) is 0. The second kappa shape index (κ2) is 4.40. The molecule has 0 aliphatic rings. The van der Waals surface area contributed by atoms with Crippen molar-refractivity contribution in [2.24, 2.45) is 0 Å². The third-order valence-corrected chi connectivity index (χ3v) is 2.89. The van der Waals surface area contributed by atoms with E-state index in [2.05, 4.69) is 14.9 Å². The summed E-state index contributed by atoms with van der Waals surface area (Å²) in [7, 11) is 2.03. The van der Waals surface area contributed by atoms with Gasteiger partial charge in [0.05, 0.1) is 6.54 Å². The van der Waals surface area contributed by atoms with Crippen LogP contribution in [0.15, 0.2) is 29.8 Å². The standard InChI is InChI=1S/C11H13N3S/c1-9-4-3-5-10(13-9)14(2)8-11-12-6-7-15-11/h3-7H,8H2,1-2H3. The van der Waals surface area contributed by atoms with Crippen LogP contribution < -0.4 is 4.90 Å². The third kappa shape index (κ3) is 2.53. The van der Waals surface area contributed by atoms with Gasteiger partial charge >= 0.3 is 0 Å². The lowest BCUT2D eigenvalue weighted by Gasteiger charge is -2.16. The number of pyridine rings is 1. The number of aromatic nitrogens is 2. The van der Waals surface area contributed by atoms with Crippen molar-refractivity contribution in [1.82, 2.24) is 9.97 Å². The van der Waals surface area contributed by atoms with Crippen molar-refractivity contribution >= 4 is 17.2 Å². The second-order valence-corrected chi connectivity index (χ2v) is 4.40. The monoisotopic (exact) mass is 219 g/mol. The number of hydrogen-bond acceptors (Lipinski definition) is 4. The molecule has 0 N–H and O–H groups in total. The molecule has 78 valence electrons. The molecule has 4 heteroatoms. The average molecular weight is 219 g/mol. The molecular formula is C11H13N3S. The Hall–Kier alpha value is -1.42. The van der Waals surface area contributed by atoms with Crippen molar-refractivity contribution in [2.75, 3.05) is 11.9 Å². The minimum absolute atomic E-state index is 0.814. The number of aryl methyl sites for hydroxylation is 1. The summed E-state index contributed by atoms with van der Waals surface area (Å²) in [4.78, 5) is 10.8. The first-order valence-corrected chi connectivity index (χ1v) is 5.67. The van der Waals surface area contributed by atoms with Gasteiger partial charge in [-0.1, -0.05) is 6.07 Å². The van der Waals surface area contributed by atoms with E-state index in [-0.39, 0.29) is 0 Å². The summed E-state index contributed by atoms with van der Waals surface area (Å²) in [6.07, 6.45) is 1.83. The van der Waals surface area contributed by atoms with Crippen molar-refractivity contribution in [1.29, 1.82) is 0 Å². The Morgan fingerprint density at radius 3 is 2.93 bits per heavy atom. The zero-order valence-electron chi connectivity index (χ0n) is 8.84. The second-order valence-electron chi connectivity index (χ2n) is 3.42. The summed E-state index contributed by atoms with van der Waals surface area (Å²) in [5.74, 6) is 0.991. The predicted octanol–water partition coefficient (Wildman–Crippen LogP) is 2.48. The molecule has 0 saturated heterocycles. The van der Waals surface area contributed by atoms with Crippen LogP contribution in [0.25, 0.3) is 0 Å². The van der Waals surface area contributed by atoms with Crippen LogP contribution in [0.3, 0.4) is 0 Å². The van der Waals surface area contributed by atoms with Gasteiger partial charge in [0.15, 0.2) is 0 Å². The molecule has 0 aliphatic heterocycles. The molecule has 2 aromatic rings. The highest BCUT2D eigenvalue weighted by molar-refractivity contribution is 7.09. The lowest BCUT2D eigenvalue weighted by atomic mass is 10.3. The first kappa shape index (κ1) is 10.1. The molecule has 15 heavy (non-hydrogen) atoms. The van der Waals surface area contributed by atoms with Gasteiger partial charge in [-0.2, -0.15) is 0 Å². The Morgan fingerprint density at radius 2 is 2.27 bits per heavy atom. The average Bonchev–Trinajstić information content (AvgIpc) is 2.70. The van der Waals surface area contributed by atoms with E-state index in [1.54, 1.807) is 11.3 Å². The van der Waals surface area contributed by atoms with Crippen molar-refractivity contribution in [3.8, 4) is 0 Å². The molecule has 0 saturated carbocycles. The molecule has 2 heterocycles. The van der Waals surface area contributed by atoms with Crippen LogP contribution in [-0.4, -0.2) is 17.0 Å². The molecule has 2 aromatic heterocycles. The van der Waals surface area contributed by atoms with Crippen LogP contribution in [0.5, 0.6) is 0 Å². The topological polar surface area (TPSA) is 29.0 Å². The SMILES string of the molecule is Cc1cccc(N(C)Cc2nccs2)n1. The Morgan fingerprint density at radius 1 is 1.40 bits per heavy atom. The molecule has 0 fully saturated rings. The van der Waals surface area contributed by atoms with Crippen LogP contribution in [0, 0.1) is 6.92 Å². The fourth-order valence-electron chi connectivity index (χ4n) is 1.36. The molecule has 3 nitrogen and oxygen atoms in total. The van der Waals surface area contributed by atoms with Crippen LogP contribution >= 0.6 is 11.3 Å². The maximum Gasteiger partial charge on any atom is 0.128 e. The van der Waals surface area contributed by atoms with E-state index in [1.165, 1.54) is 0 Å². The van der Waals surface area contributed by atoms with Gasteiger partial charge in [-0.3, -0.25) is 0 Å². The molecule has 0 atom stereocenters. The van der Waals surface area contributed by atoms with Crippen LogP contribution in [0.2, 0.25) is 0 Å². The third-order valence-electron chi connectivity index (χ3n) is 2.12. The fourth-order valence-corrected chi connectivity index (χ4v) is 2.02. The first-order chi connectivity index (χ1) is 7.25. The molecule has 0 radical (unpaired) electrons. The Bertz CT molecular complexity index is 425. The highest BCUT2D eigenvalue weighted by atomic mass is 32.1. The lowest BCUT2D eigenvalue weighted by molar-refractivity contribution is 0.883. The summed E-state index contributed by atoms with van der Waals surface area (Å²) >= 11 is 1.67. The minimum Gasteiger partial charge on any atom is -0.353 e. The number of anilines is 1. The van der Waals surface area contributed by atoms with Gasteiger partial charge in [0, 0.05) is 24.3 Å². The summed E-state index contributed by atoms with van der Waals surface area (Å²) in [5.41, 5.74) is 1.04.